The van der Waals surface area contributed by atoms with Crippen LogP contribution >= 0.6 is 11.3 Å². The van der Waals surface area contributed by atoms with Crippen molar-refractivity contribution < 1.29 is 0 Å². The quantitative estimate of drug-likeness (QED) is 0.745. The number of hydrogen-bond acceptors (Lipinski definition) is 4. The summed E-state index contributed by atoms with van der Waals surface area (Å²) in [5, 5.41) is 6.77. The molecule has 102 valence electrons. The van der Waals surface area contributed by atoms with Gasteiger partial charge in [0.05, 0.1) is 5.69 Å². The van der Waals surface area contributed by atoms with Crippen LogP contribution in [0.4, 0.5) is 0 Å². The molecule has 0 unspecified atom stereocenters. The van der Waals surface area contributed by atoms with E-state index in [4.69, 9.17) is 4.98 Å². The van der Waals surface area contributed by atoms with Gasteiger partial charge in [0.1, 0.15) is 5.01 Å². The molecule has 1 saturated carbocycles. The van der Waals surface area contributed by atoms with Crippen LogP contribution in [0, 0.1) is 5.92 Å². The van der Waals surface area contributed by atoms with Gasteiger partial charge in [0.15, 0.2) is 0 Å². The molecule has 0 atom stereocenters. The topological polar surface area (TPSA) is 28.2 Å². The fourth-order valence-corrected chi connectivity index (χ4v) is 2.94. The van der Waals surface area contributed by atoms with E-state index >= 15 is 0 Å². The molecule has 2 rings (SSSR count). The van der Waals surface area contributed by atoms with Crippen LogP contribution in [0.25, 0.3) is 0 Å². The van der Waals surface area contributed by atoms with Crippen LogP contribution in [0.1, 0.15) is 43.8 Å². The minimum Gasteiger partial charge on any atom is -0.311 e. The molecule has 0 aromatic carbocycles. The highest BCUT2D eigenvalue weighted by atomic mass is 32.1. The first kappa shape index (κ1) is 14.0. The number of thiazole rings is 1. The molecule has 0 spiro atoms. The highest BCUT2D eigenvalue weighted by Crippen LogP contribution is 2.30. The third kappa shape index (κ3) is 4.67. The van der Waals surface area contributed by atoms with Gasteiger partial charge in [-0.2, -0.15) is 0 Å². The summed E-state index contributed by atoms with van der Waals surface area (Å²) in [4.78, 5) is 7.29. The smallest absolute Gasteiger partial charge is 0.107 e. The molecular weight excluding hydrogens is 242 g/mol. The van der Waals surface area contributed by atoms with Crippen LogP contribution in [0.3, 0.4) is 0 Å². The van der Waals surface area contributed by atoms with Gasteiger partial charge < -0.3 is 5.32 Å². The van der Waals surface area contributed by atoms with Crippen LogP contribution in [0.15, 0.2) is 5.38 Å². The molecule has 4 heteroatoms. The maximum absolute atomic E-state index is 4.71. The Morgan fingerprint density at radius 2 is 2.28 bits per heavy atom. The van der Waals surface area contributed by atoms with Crippen molar-refractivity contribution >= 4 is 11.3 Å². The van der Waals surface area contributed by atoms with Crippen LogP contribution < -0.4 is 5.32 Å². The Labute approximate surface area is 115 Å². The zero-order valence-corrected chi connectivity index (χ0v) is 12.4. The first-order chi connectivity index (χ1) is 8.81. The van der Waals surface area contributed by atoms with Gasteiger partial charge in [0.25, 0.3) is 0 Å². The average Bonchev–Trinajstić information content (AvgIpc) is 3.05. The highest BCUT2D eigenvalue weighted by Gasteiger charge is 2.24. The summed E-state index contributed by atoms with van der Waals surface area (Å²) in [6, 6.07) is 0. The second-order valence-corrected chi connectivity index (χ2v) is 6.13. The van der Waals surface area contributed by atoms with Gasteiger partial charge >= 0.3 is 0 Å². The van der Waals surface area contributed by atoms with E-state index in [9.17, 15) is 0 Å². The Morgan fingerprint density at radius 1 is 1.44 bits per heavy atom. The van der Waals surface area contributed by atoms with Gasteiger partial charge in [-0.3, -0.25) is 4.90 Å². The molecule has 1 N–H and O–H groups in total. The number of aromatic nitrogens is 1. The lowest BCUT2D eigenvalue weighted by molar-refractivity contribution is 0.252. The zero-order chi connectivity index (χ0) is 12.8. The van der Waals surface area contributed by atoms with E-state index in [-0.39, 0.29) is 0 Å². The van der Waals surface area contributed by atoms with Crippen LogP contribution in [-0.4, -0.2) is 29.5 Å². The Morgan fingerprint density at radius 3 is 2.94 bits per heavy atom. The van der Waals surface area contributed by atoms with E-state index in [1.807, 2.05) is 0 Å². The maximum Gasteiger partial charge on any atom is 0.107 e. The lowest BCUT2D eigenvalue weighted by Gasteiger charge is -2.20. The highest BCUT2D eigenvalue weighted by molar-refractivity contribution is 7.09. The van der Waals surface area contributed by atoms with Crippen LogP contribution in [0.5, 0.6) is 0 Å². The largest absolute Gasteiger partial charge is 0.311 e. The second-order valence-electron chi connectivity index (χ2n) is 5.19. The minimum atomic E-state index is 0.914. The van der Waals surface area contributed by atoms with E-state index in [1.165, 1.54) is 43.1 Å². The van der Waals surface area contributed by atoms with Crippen LogP contribution in [-0.2, 0) is 13.1 Å². The molecular formula is C14H25N3S. The van der Waals surface area contributed by atoms with Gasteiger partial charge in [-0.15, -0.1) is 11.3 Å². The van der Waals surface area contributed by atoms with Gasteiger partial charge in [0, 0.05) is 25.0 Å². The summed E-state index contributed by atoms with van der Waals surface area (Å²) in [7, 11) is 0. The van der Waals surface area contributed by atoms with Crippen molar-refractivity contribution in [3.63, 3.8) is 0 Å². The van der Waals surface area contributed by atoms with Crippen molar-refractivity contribution in [2.45, 2.75) is 46.2 Å². The summed E-state index contributed by atoms with van der Waals surface area (Å²) in [5.41, 5.74) is 1.25. The van der Waals surface area contributed by atoms with E-state index < -0.39 is 0 Å². The predicted octanol–water partition coefficient (Wildman–Crippen LogP) is 2.87. The standard InChI is InChI=1S/C14H25N3S/c1-3-7-17(9-12-5-6-12)10-13-11-18-14(16-13)8-15-4-2/h11-12,15H,3-10H2,1-2H3. The third-order valence-corrected chi connectivity index (χ3v) is 4.16. The second kappa shape index (κ2) is 7.22. The zero-order valence-electron chi connectivity index (χ0n) is 11.6. The molecule has 0 radical (unpaired) electrons. The molecule has 1 aliphatic rings. The van der Waals surface area contributed by atoms with E-state index in [0.29, 0.717) is 0 Å². The van der Waals surface area contributed by atoms with E-state index in [2.05, 4.69) is 29.4 Å². The average molecular weight is 267 g/mol. The number of rotatable bonds is 9. The molecule has 1 heterocycles. The first-order valence-corrected chi connectivity index (χ1v) is 8.06. The Bertz CT molecular complexity index is 347. The van der Waals surface area contributed by atoms with Crippen molar-refractivity contribution in [2.75, 3.05) is 19.6 Å². The maximum atomic E-state index is 4.71. The lowest BCUT2D eigenvalue weighted by atomic mass is 10.3. The molecule has 0 saturated heterocycles. The molecule has 3 nitrogen and oxygen atoms in total. The summed E-state index contributed by atoms with van der Waals surface area (Å²) in [6.45, 7) is 9.83. The monoisotopic (exact) mass is 267 g/mol. The summed E-state index contributed by atoms with van der Waals surface area (Å²) in [5.74, 6) is 0.969. The van der Waals surface area contributed by atoms with Crippen molar-refractivity contribution in [1.82, 2.24) is 15.2 Å². The molecule has 1 fully saturated rings. The van der Waals surface area contributed by atoms with Crippen molar-refractivity contribution in [3.8, 4) is 0 Å². The van der Waals surface area contributed by atoms with Gasteiger partial charge in [-0.25, -0.2) is 4.98 Å². The minimum absolute atomic E-state index is 0.914. The Kier molecular flexibility index (Phi) is 5.60. The number of nitrogens with zero attached hydrogens (tertiary/aromatic N) is 2. The molecule has 0 aliphatic heterocycles. The Hall–Kier alpha value is -0.450. The molecule has 18 heavy (non-hydrogen) atoms. The van der Waals surface area contributed by atoms with E-state index in [1.54, 1.807) is 11.3 Å². The molecule has 0 bridgehead atoms. The summed E-state index contributed by atoms with van der Waals surface area (Å²) >= 11 is 1.78. The van der Waals surface area contributed by atoms with Crippen molar-refractivity contribution in [3.05, 3.63) is 16.1 Å². The normalized spacial score (nSPS) is 15.5. The fraction of sp³-hybridized carbons (Fsp3) is 0.786. The predicted molar refractivity (Wildman–Crippen MR) is 77.8 cm³/mol. The van der Waals surface area contributed by atoms with Gasteiger partial charge in [-0.1, -0.05) is 13.8 Å². The number of hydrogen-bond donors (Lipinski definition) is 1. The molecule has 1 aliphatic carbocycles. The Balaban J connectivity index is 1.82. The summed E-state index contributed by atoms with van der Waals surface area (Å²) in [6.07, 6.45) is 4.10. The van der Waals surface area contributed by atoms with Crippen molar-refractivity contribution in [2.24, 2.45) is 5.92 Å². The van der Waals surface area contributed by atoms with Gasteiger partial charge in [0.2, 0.25) is 0 Å². The SMILES string of the molecule is CCCN(Cc1csc(CNCC)n1)CC1CC1. The molecule has 1 aromatic heterocycles. The fourth-order valence-electron chi connectivity index (χ4n) is 2.18. The van der Waals surface area contributed by atoms with Crippen LogP contribution in [0.2, 0.25) is 0 Å². The summed E-state index contributed by atoms with van der Waals surface area (Å²) < 4.78 is 0. The lowest BCUT2D eigenvalue weighted by Crippen LogP contribution is -2.26. The van der Waals surface area contributed by atoms with E-state index in [0.717, 1.165) is 25.6 Å². The third-order valence-electron chi connectivity index (χ3n) is 3.26. The van der Waals surface area contributed by atoms with Gasteiger partial charge in [-0.05, 0) is 38.3 Å². The molecule has 0 amide bonds. The molecule has 1 aromatic rings. The van der Waals surface area contributed by atoms with Crippen molar-refractivity contribution in [1.29, 1.82) is 0 Å². The number of nitrogens with one attached hydrogen (secondary N) is 1. The first-order valence-electron chi connectivity index (χ1n) is 7.18.